The number of aryl methyl sites for hydroxylation is 1. The quantitative estimate of drug-likeness (QED) is 0.848. The van der Waals surface area contributed by atoms with E-state index >= 15 is 0 Å². The van der Waals surface area contributed by atoms with Gasteiger partial charge in [-0.2, -0.15) is 0 Å². The van der Waals surface area contributed by atoms with Crippen LogP contribution in [0.5, 0.6) is 0 Å². The van der Waals surface area contributed by atoms with Crippen LogP contribution in [-0.2, 0) is 13.1 Å². The monoisotopic (exact) mass is 287 g/mol. The molecule has 0 fully saturated rings. The lowest BCUT2D eigenvalue weighted by atomic mass is 10.2. The summed E-state index contributed by atoms with van der Waals surface area (Å²) in [6.07, 6.45) is 1.94. The minimum atomic E-state index is 0.667. The number of hydrogen-bond donors (Lipinski definition) is 1. The van der Waals surface area contributed by atoms with Gasteiger partial charge in [-0.1, -0.05) is 19.9 Å². The second-order valence-electron chi connectivity index (χ2n) is 5.92. The van der Waals surface area contributed by atoms with Gasteiger partial charge in [0.25, 0.3) is 0 Å². The third kappa shape index (κ3) is 4.90. The Balaban J connectivity index is 1.88. The van der Waals surface area contributed by atoms with Crippen LogP contribution in [0.15, 0.2) is 34.9 Å². The summed E-state index contributed by atoms with van der Waals surface area (Å²) in [6, 6.07) is 8.18. The molecular weight excluding hydrogens is 262 g/mol. The smallest absolute Gasteiger partial charge is 0.128 e. The molecule has 0 aromatic carbocycles. The van der Waals surface area contributed by atoms with E-state index in [2.05, 4.69) is 41.2 Å². The van der Waals surface area contributed by atoms with Crippen LogP contribution in [0.3, 0.4) is 0 Å². The highest BCUT2D eigenvalue weighted by Crippen LogP contribution is 2.15. The molecule has 2 heterocycles. The number of anilines is 1. The third-order valence-electron chi connectivity index (χ3n) is 3.27. The van der Waals surface area contributed by atoms with E-state index in [0.29, 0.717) is 5.92 Å². The lowest BCUT2D eigenvalue weighted by Crippen LogP contribution is -2.20. The molecule has 0 saturated carbocycles. The van der Waals surface area contributed by atoms with Gasteiger partial charge in [0.15, 0.2) is 0 Å². The fourth-order valence-corrected chi connectivity index (χ4v) is 2.14. The van der Waals surface area contributed by atoms with Gasteiger partial charge in [0.1, 0.15) is 17.3 Å². The molecule has 2 rings (SSSR count). The molecule has 0 aliphatic rings. The number of pyridine rings is 1. The molecule has 2 aromatic rings. The first-order valence-corrected chi connectivity index (χ1v) is 7.46. The van der Waals surface area contributed by atoms with Gasteiger partial charge in [-0.15, -0.1) is 0 Å². The van der Waals surface area contributed by atoms with E-state index < -0.39 is 0 Å². The molecule has 4 nitrogen and oxygen atoms in total. The molecule has 0 saturated heterocycles. The molecule has 2 aromatic heterocycles. The number of rotatable bonds is 7. The predicted octanol–water partition coefficient (Wildman–Crippen LogP) is 3.37. The SMILES string of the molecule is Cc1ccc(CN(C)c2ccc(CNCC(C)C)cn2)o1. The molecule has 0 unspecified atom stereocenters. The van der Waals surface area contributed by atoms with E-state index in [-0.39, 0.29) is 0 Å². The molecule has 4 heteroatoms. The lowest BCUT2D eigenvalue weighted by Gasteiger charge is -2.17. The van der Waals surface area contributed by atoms with Crippen molar-refractivity contribution in [3.63, 3.8) is 0 Å². The van der Waals surface area contributed by atoms with Crippen molar-refractivity contribution < 1.29 is 4.42 Å². The minimum Gasteiger partial charge on any atom is -0.464 e. The highest BCUT2D eigenvalue weighted by molar-refractivity contribution is 5.38. The van der Waals surface area contributed by atoms with Crippen LogP contribution < -0.4 is 10.2 Å². The largest absolute Gasteiger partial charge is 0.464 e. The molecule has 0 aliphatic heterocycles. The number of aromatic nitrogens is 1. The van der Waals surface area contributed by atoms with Crippen LogP contribution >= 0.6 is 0 Å². The molecule has 0 atom stereocenters. The van der Waals surface area contributed by atoms with Gasteiger partial charge in [-0.3, -0.25) is 0 Å². The van der Waals surface area contributed by atoms with Crippen molar-refractivity contribution in [3.05, 3.63) is 47.5 Å². The van der Waals surface area contributed by atoms with Crippen molar-refractivity contribution >= 4 is 5.82 Å². The first-order valence-electron chi connectivity index (χ1n) is 7.46. The number of nitrogens with zero attached hydrogens (tertiary/aromatic N) is 2. The Bertz CT molecular complexity index is 545. The first-order chi connectivity index (χ1) is 10.0. The summed E-state index contributed by atoms with van der Waals surface area (Å²) < 4.78 is 5.60. The Morgan fingerprint density at radius 1 is 1.24 bits per heavy atom. The molecule has 0 spiro atoms. The highest BCUT2D eigenvalue weighted by atomic mass is 16.3. The predicted molar refractivity (Wildman–Crippen MR) is 86.3 cm³/mol. The summed E-state index contributed by atoms with van der Waals surface area (Å²) in [5.74, 6) is 3.52. The summed E-state index contributed by atoms with van der Waals surface area (Å²) in [5, 5.41) is 3.42. The van der Waals surface area contributed by atoms with Crippen LogP contribution in [0.4, 0.5) is 5.82 Å². The topological polar surface area (TPSA) is 41.3 Å². The van der Waals surface area contributed by atoms with Gasteiger partial charge < -0.3 is 14.6 Å². The van der Waals surface area contributed by atoms with Crippen molar-refractivity contribution in [1.82, 2.24) is 10.3 Å². The molecule has 1 N–H and O–H groups in total. The molecule has 0 aliphatic carbocycles. The summed E-state index contributed by atoms with van der Waals surface area (Å²) in [7, 11) is 2.02. The average molecular weight is 287 g/mol. The average Bonchev–Trinajstić information content (AvgIpc) is 2.84. The fourth-order valence-electron chi connectivity index (χ4n) is 2.14. The third-order valence-corrected chi connectivity index (χ3v) is 3.27. The summed E-state index contributed by atoms with van der Waals surface area (Å²) in [5.41, 5.74) is 1.21. The van der Waals surface area contributed by atoms with Gasteiger partial charge in [0.05, 0.1) is 6.54 Å². The maximum atomic E-state index is 5.60. The van der Waals surface area contributed by atoms with E-state index in [1.165, 1.54) is 5.56 Å². The number of furan rings is 1. The maximum Gasteiger partial charge on any atom is 0.128 e. The Morgan fingerprint density at radius 2 is 2.05 bits per heavy atom. The molecule has 0 amide bonds. The van der Waals surface area contributed by atoms with Crippen LogP contribution in [0.1, 0.15) is 30.9 Å². The van der Waals surface area contributed by atoms with E-state index in [1.807, 2.05) is 32.3 Å². The molecule has 21 heavy (non-hydrogen) atoms. The van der Waals surface area contributed by atoms with Gasteiger partial charge in [0.2, 0.25) is 0 Å². The van der Waals surface area contributed by atoms with Crippen molar-refractivity contribution in [1.29, 1.82) is 0 Å². The standard InChI is InChI=1S/C17H25N3O/c1-13(2)9-18-10-15-6-8-17(19-11-15)20(4)12-16-7-5-14(3)21-16/h5-8,11,13,18H,9-10,12H2,1-4H3. The summed E-state index contributed by atoms with van der Waals surface area (Å²) >= 11 is 0. The van der Waals surface area contributed by atoms with Crippen LogP contribution in [0.2, 0.25) is 0 Å². The molecule has 114 valence electrons. The van der Waals surface area contributed by atoms with Crippen molar-refractivity contribution in [2.24, 2.45) is 5.92 Å². The van der Waals surface area contributed by atoms with Gasteiger partial charge in [-0.25, -0.2) is 4.98 Å². The van der Waals surface area contributed by atoms with E-state index in [9.17, 15) is 0 Å². The zero-order valence-corrected chi connectivity index (χ0v) is 13.4. The highest BCUT2D eigenvalue weighted by Gasteiger charge is 2.06. The van der Waals surface area contributed by atoms with Crippen LogP contribution in [-0.4, -0.2) is 18.6 Å². The van der Waals surface area contributed by atoms with Gasteiger partial charge >= 0.3 is 0 Å². The zero-order chi connectivity index (χ0) is 15.2. The summed E-state index contributed by atoms with van der Waals surface area (Å²) in [4.78, 5) is 6.61. The molecular formula is C17H25N3O. The van der Waals surface area contributed by atoms with Gasteiger partial charge in [0, 0.05) is 19.8 Å². The van der Waals surface area contributed by atoms with Crippen LogP contribution in [0, 0.1) is 12.8 Å². The van der Waals surface area contributed by atoms with E-state index in [1.54, 1.807) is 0 Å². The Hall–Kier alpha value is -1.81. The zero-order valence-electron chi connectivity index (χ0n) is 13.4. The van der Waals surface area contributed by atoms with Gasteiger partial charge in [-0.05, 0) is 43.1 Å². The Morgan fingerprint density at radius 3 is 2.62 bits per heavy atom. The van der Waals surface area contributed by atoms with Crippen LogP contribution in [0.25, 0.3) is 0 Å². The number of hydrogen-bond acceptors (Lipinski definition) is 4. The summed E-state index contributed by atoms with van der Waals surface area (Å²) in [6.45, 7) is 9.00. The van der Waals surface area contributed by atoms with Crippen molar-refractivity contribution in [3.8, 4) is 0 Å². The normalized spacial score (nSPS) is 11.1. The van der Waals surface area contributed by atoms with E-state index in [0.717, 1.165) is 37.0 Å². The first kappa shape index (κ1) is 15.6. The second-order valence-corrected chi connectivity index (χ2v) is 5.92. The molecule has 0 bridgehead atoms. The lowest BCUT2D eigenvalue weighted by molar-refractivity contribution is 0.481. The number of nitrogens with one attached hydrogen (secondary N) is 1. The Kier molecular flexibility index (Phi) is 5.39. The fraction of sp³-hybridized carbons (Fsp3) is 0.471. The molecule has 0 radical (unpaired) electrons. The van der Waals surface area contributed by atoms with Crippen molar-refractivity contribution in [2.75, 3.05) is 18.5 Å². The van der Waals surface area contributed by atoms with E-state index in [4.69, 9.17) is 4.42 Å². The minimum absolute atomic E-state index is 0.667. The maximum absolute atomic E-state index is 5.60. The Labute approximate surface area is 127 Å². The second kappa shape index (κ2) is 7.27. The van der Waals surface area contributed by atoms with Crippen molar-refractivity contribution in [2.45, 2.75) is 33.9 Å².